The van der Waals surface area contributed by atoms with E-state index < -0.39 is 12.5 Å². The van der Waals surface area contributed by atoms with Crippen LogP contribution in [0.2, 0.25) is 0 Å². The van der Waals surface area contributed by atoms with Gasteiger partial charge in [-0.25, -0.2) is 0 Å². The van der Waals surface area contributed by atoms with Crippen molar-refractivity contribution in [3.63, 3.8) is 0 Å². The molecule has 1 N–H and O–H groups in total. The van der Waals surface area contributed by atoms with E-state index in [0.29, 0.717) is 5.56 Å². The zero-order valence-electron chi connectivity index (χ0n) is 10.4. The first-order valence-corrected chi connectivity index (χ1v) is 5.97. The van der Waals surface area contributed by atoms with E-state index >= 15 is 0 Å². The highest BCUT2D eigenvalue weighted by atomic mass is 19.4. The van der Waals surface area contributed by atoms with E-state index in [9.17, 15) is 18.3 Å². The first-order valence-electron chi connectivity index (χ1n) is 5.97. The molecule has 1 aliphatic rings. The van der Waals surface area contributed by atoms with Gasteiger partial charge in [-0.15, -0.1) is 13.2 Å². The fraction of sp³-hybridized carbons (Fsp3) is 0.538. The molecule has 1 aromatic rings. The Labute approximate surface area is 108 Å². The average molecular weight is 276 g/mol. The summed E-state index contributed by atoms with van der Waals surface area (Å²) in [5.41, 5.74) is 0.362. The van der Waals surface area contributed by atoms with Crippen molar-refractivity contribution >= 4 is 0 Å². The number of halogens is 3. The fourth-order valence-electron chi connectivity index (χ4n) is 2.09. The van der Waals surface area contributed by atoms with Crippen LogP contribution in [0.25, 0.3) is 0 Å². The third-order valence-electron chi connectivity index (χ3n) is 3.10. The molecule has 0 radical (unpaired) electrons. The quantitative estimate of drug-likeness (QED) is 0.898. The summed E-state index contributed by atoms with van der Waals surface area (Å²) in [5, 5.41) is 10.2. The summed E-state index contributed by atoms with van der Waals surface area (Å²) in [6, 6.07) is 5.36. The molecule has 2 unspecified atom stereocenters. The second kappa shape index (κ2) is 5.38. The standard InChI is InChI=1S/C13H15F3O3/c1-18-12(8-5-6-8)11(17)9-3-2-4-10(7-9)19-13(14,15)16/h2-4,7-8,11-12,17H,5-6H2,1H3. The van der Waals surface area contributed by atoms with Gasteiger partial charge in [0.1, 0.15) is 11.9 Å². The molecule has 0 heterocycles. The maximum Gasteiger partial charge on any atom is 0.573 e. The molecule has 1 saturated carbocycles. The van der Waals surface area contributed by atoms with Crippen molar-refractivity contribution in [1.82, 2.24) is 0 Å². The first kappa shape index (κ1) is 14.1. The molecule has 2 rings (SSSR count). The van der Waals surface area contributed by atoms with Crippen LogP contribution < -0.4 is 4.74 Å². The molecule has 0 spiro atoms. The predicted octanol–water partition coefficient (Wildman–Crippen LogP) is 3.04. The number of ether oxygens (including phenoxy) is 2. The Morgan fingerprint density at radius 3 is 2.53 bits per heavy atom. The van der Waals surface area contributed by atoms with Crippen molar-refractivity contribution in [3.05, 3.63) is 29.8 Å². The summed E-state index contributed by atoms with van der Waals surface area (Å²) >= 11 is 0. The largest absolute Gasteiger partial charge is 0.573 e. The molecule has 0 aromatic heterocycles. The highest BCUT2D eigenvalue weighted by Gasteiger charge is 2.37. The van der Waals surface area contributed by atoms with E-state index in [1.54, 1.807) is 6.07 Å². The number of hydrogen-bond acceptors (Lipinski definition) is 3. The van der Waals surface area contributed by atoms with Gasteiger partial charge in [0.25, 0.3) is 0 Å². The van der Waals surface area contributed by atoms with Gasteiger partial charge >= 0.3 is 6.36 Å². The molecule has 0 saturated heterocycles. The number of alkyl halides is 3. The summed E-state index contributed by atoms with van der Waals surface area (Å²) < 4.78 is 45.4. The van der Waals surface area contributed by atoms with Crippen molar-refractivity contribution in [1.29, 1.82) is 0 Å². The zero-order chi connectivity index (χ0) is 14.0. The summed E-state index contributed by atoms with van der Waals surface area (Å²) in [4.78, 5) is 0. The van der Waals surface area contributed by atoms with Crippen LogP contribution in [0.5, 0.6) is 5.75 Å². The molecule has 106 valence electrons. The van der Waals surface area contributed by atoms with Crippen LogP contribution in [-0.2, 0) is 4.74 Å². The minimum atomic E-state index is -4.74. The Hall–Kier alpha value is -1.27. The maximum absolute atomic E-state index is 12.1. The Balaban J connectivity index is 2.13. The van der Waals surface area contributed by atoms with Crippen molar-refractivity contribution in [3.8, 4) is 5.75 Å². The Morgan fingerprint density at radius 2 is 2.00 bits per heavy atom. The molecule has 0 bridgehead atoms. The van der Waals surface area contributed by atoms with Gasteiger partial charge in [0.2, 0.25) is 0 Å². The molecule has 6 heteroatoms. The predicted molar refractivity (Wildman–Crippen MR) is 61.6 cm³/mol. The smallest absolute Gasteiger partial charge is 0.406 e. The first-order chi connectivity index (χ1) is 8.90. The molecular formula is C13H15F3O3. The molecule has 1 aliphatic carbocycles. The van der Waals surface area contributed by atoms with Crippen LogP contribution in [0.15, 0.2) is 24.3 Å². The highest BCUT2D eigenvalue weighted by molar-refractivity contribution is 5.30. The van der Waals surface area contributed by atoms with Gasteiger partial charge < -0.3 is 14.6 Å². The Bertz CT molecular complexity index is 429. The summed E-state index contributed by atoms with van der Waals surface area (Å²) in [6.07, 6.45) is -4.14. The second-order valence-electron chi connectivity index (χ2n) is 4.60. The lowest BCUT2D eigenvalue weighted by Gasteiger charge is -2.22. The topological polar surface area (TPSA) is 38.7 Å². The van der Waals surface area contributed by atoms with E-state index in [0.717, 1.165) is 12.8 Å². The lowest BCUT2D eigenvalue weighted by atomic mass is 10.0. The second-order valence-corrected chi connectivity index (χ2v) is 4.60. The number of rotatable bonds is 5. The number of benzene rings is 1. The summed E-state index contributed by atoms with van der Waals surface area (Å²) in [6.45, 7) is 0. The number of hydrogen-bond donors (Lipinski definition) is 1. The molecule has 1 fully saturated rings. The minimum absolute atomic E-state index is 0.271. The van der Waals surface area contributed by atoms with E-state index in [2.05, 4.69) is 4.74 Å². The average Bonchev–Trinajstić information content (AvgIpc) is 3.12. The molecule has 0 aliphatic heterocycles. The van der Waals surface area contributed by atoms with Gasteiger partial charge in [0, 0.05) is 7.11 Å². The van der Waals surface area contributed by atoms with Gasteiger partial charge in [0.15, 0.2) is 0 Å². The Morgan fingerprint density at radius 1 is 1.32 bits per heavy atom. The molecule has 2 atom stereocenters. The van der Waals surface area contributed by atoms with Crippen LogP contribution >= 0.6 is 0 Å². The van der Waals surface area contributed by atoms with E-state index in [1.165, 1.54) is 25.3 Å². The Kier molecular flexibility index (Phi) is 4.01. The summed E-state index contributed by atoms with van der Waals surface area (Å²) in [5.74, 6) is -0.0677. The van der Waals surface area contributed by atoms with Gasteiger partial charge in [-0.05, 0) is 36.5 Å². The van der Waals surface area contributed by atoms with Crippen molar-refractivity contribution in [2.24, 2.45) is 5.92 Å². The normalized spacial score (nSPS) is 19.0. The minimum Gasteiger partial charge on any atom is -0.406 e. The molecule has 19 heavy (non-hydrogen) atoms. The molecule has 3 nitrogen and oxygen atoms in total. The fourth-order valence-corrected chi connectivity index (χ4v) is 2.09. The molecule has 0 amide bonds. The van der Waals surface area contributed by atoms with Crippen molar-refractivity contribution < 1.29 is 27.8 Å². The van der Waals surface area contributed by atoms with Crippen LogP contribution in [-0.4, -0.2) is 24.7 Å². The van der Waals surface area contributed by atoms with Gasteiger partial charge in [-0.1, -0.05) is 12.1 Å². The zero-order valence-corrected chi connectivity index (χ0v) is 10.4. The van der Waals surface area contributed by atoms with Gasteiger partial charge in [-0.2, -0.15) is 0 Å². The van der Waals surface area contributed by atoms with E-state index in [1.807, 2.05) is 0 Å². The van der Waals surface area contributed by atoms with E-state index in [-0.39, 0.29) is 17.8 Å². The van der Waals surface area contributed by atoms with Crippen LogP contribution in [0.4, 0.5) is 13.2 Å². The molecule has 1 aromatic carbocycles. The lowest BCUT2D eigenvalue weighted by molar-refractivity contribution is -0.274. The third-order valence-corrected chi connectivity index (χ3v) is 3.10. The van der Waals surface area contributed by atoms with Gasteiger partial charge in [0.05, 0.1) is 6.10 Å². The highest BCUT2D eigenvalue weighted by Crippen LogP contribution is 2.40. The number of methoxy groups -OCH3 is 1. The monoisotopic (exact) mass is 276 g/mol. The summed E-state index contributed by atoms with van der Waals surface area (Å²) in [7, 11) is 1.49. The van der Waals surface area contributed by atoms with Crippen molar-refractivity contribution in [2.45, 2.75) is 31.4 Å². The van der Waals surface area contributed by atoms with Crippen LogP contribution in [0, 0.1) is 5.92 Å². The van der Waals surface area contributed by atoms with Crippen LogP contribution in [0.3, 0.4) is 0 Å². The SMILES string of the molecule is COC(C1CC1)C(O)c1cccc(OC(F)(F)F)c1. The maximum atomic E-state index is 12.1. The van der Waals surface area contributed by atoms with Crippen molar-refractivity contribution in [2.75, 3.05) is 7.11 Å². The number of aliphatic hydroxyl groups is 1. The molecular weight excluding hydrogens is 261 g/mol. The lowest BCUT2D eigenvalue weighted by Crippen LogP contribution is -2.23. The van der Waals surface area contributed by atoms with E-state index in [4.69, 9.17) is 4.74 Å². The number of aliphatic hydroxyl groups excluding tert-OH is 1. The van der Waals surface area contributed by atoms with Gasteiger partial charge in [-0.3, -0.25) is 0 Å². The van der Waals surface area contributed by atoms with Crippen LogP contribution in [0.1, 0.15) is 24.5 Å². The third kappa shape index (κ3) is 3.84.